The van der Waals surface area contributed by atoms with Crippen molar-refractivity contribution in [2.45, 2.75) is 6.42 Å². The van der Waals surface area contributed by atoms with Crippen LogP contribution in [0.25, 0.3) is 0 Å². The average molecular weight is 275 g/mol. The van der Waals surface area contributed by atoms with Crippen LogP contribution >= 0.6 is 0 Å². The van der Waals surface area contributed by atoms with Crippen LogP contribution < -0.4 is 4.90 Å². The third-order valence-electron chi connectivity index (χ3n) is 3.26. The lowest BCUT2D eigenvalue weighted by Gasteiger charge is -2.17. The number of carboxylic acid groups (broad SMARTS) is 2. The summed E-state index contributed by atoms with van der Waals surface area (Å²) in [6.45, 7) is 4.06. The van der Waals surface area contributed by atoms with Crippen molar-refractivity contribution in [2.24, 2.45) is 5.92 Å². The van der Waals surface area contributed by atoms with Gasteiger partial charge in [-0.3, -0.25) is 4.79 Å². The van der Waals surface area contributed by atoms with Crippen LogP contribution in [0.1, 0.15) is 27.1 Å². The van der Waals surface area contributed by atoms with Gasteiger partial charge in [0, 0.05) is 24.6 Å². The van der Waals surface area contributed by atoms with Crippen LogP contribution in [0.3, 0.4) is 0 Å². The van der Waals surface area contributed by atoms with E-state index in [1.165, 1.54) is 23.1 Å². The van der Waals surface area contributed by atoms with E-state index in [1.807, 2.05) is 0 Å². The molecule has 1 saturated heterocycles. The molecule has 0 saturated carbocycles. The van der Waals surface area contributed by atoms with Crippen molar-refractivity contribution in [3.05, 3.63) is 42.0 Å². The van der Waals surface area contributed by atoms with Crippen molar-refractivity contribution in [3.8, 4) is 0 Å². The maximum absolute atomic E-state index is 11.9. The molecule has 1 aromatic rings. The lowest BCUT2D eigenvalue weighted by atomic mass is 10.1. The predicted octanol–water partition coefficient (Wildman–Crippen LogP) is 1.62. The topological polar surface area (TPSA) is 94.9 Å². The molecule has 0 aromatic heterocycles. The second-order valence-corrected chi connectivity index (χ2v) is 4.54. The molecule has 1 aromatic carbocycles. The van der Waals surface area contributed by atoms with E-state index in [0.29, 0.717) is 18.7 Å². The van der Waals surface area contributed by atoms with Crippen molar-refractivity contribution in [2.75, 3.05) is 11.4 Å². The summed E-state index contributed by atoms with van der Waals surface area (Å²) >= 11 is 0. The Morgan fingerprint density at radius 3 is 2.40 bits per heavy atom. The Morgan fingerprint density at radius 1 is 1.25 bits per heavy atom. The van der Waals surface area contributed by atoms with E-state index in [1.54, 1.807) is 6.08 Å². The zero-order chi connectivity index (χ0) is 14.9. The highest BCUT2D eigenvalue weighted by Crippen LogP contribution is 2.27. The van der Waals surface area contributed by atoms with Crippen molar-refractivity contribution < 1.29 is 24.6 Å². The first-order valence-electron chi connectivity index (χ1n) is 5.97. The van der Waals surface area contributed by atoms with Gasteiger partial charge in [-0.2, -0.15) is 0 Å². The average Bonchev–Trinajstić information content (AvgIpc) is 2.79. The standard InChI is InChI=1S/C14H13NO5/c1-2-8-5-12(16)15(7-8)9-3-4-10(13(17)18)11(6-9)14(19)20/h2-4,6,8H,1,5,7H2,(H,17,18)(H,19,20). The molecule has 0 bridgehead atoms. The van der Waals surface area contributed by atoms with Crippen molar-refractivity contribution in [3.63, 3.8) is 0 Å². The van der Waals surface area contributed by atoms with Crippen molar-refractivity contribution in [1.82, 2.24) is 0 Å². The minimum Gasteiger partial charge on any atom is -0.478 e. The van der Waals surface area contributed by atoms with Gasteiger partial charge in [-0.05, 0) is 18.2 Å². The first kappa shape index (κ1) is 13.8. The number of benzene rings is 1. The minimum atomic E-state index is -1.34. The number of amides is 1. The van der Waals surface area contributed by atoms with Crippen molar-refractivity contribution >= 4 is 23.5 Å². The second kappa shape index (κ2) is 5.16. The maximum Gasteiger partial charge on any atom is 0.336 e. The van der Waals surface area contributed by atoms with Crippen LogP contribution in [0.4, 0.5) is 5.69 Å². The van der Waals surface area contributed by atoms with E-state index in [2.05, 4.69) is 6.58 Å². The van der Waals surface area contributed by atoms with Crippen LogP contribution in [0, 0.1) is 5.92 Å². The quantitative estimate of drug-likeness (QED) is 0.814. The van der Waals surface area contributed by atoms with Gasteiger partial charge in [0.05, 0.1) is 11.1 Å². The molecule has 0 spiro atoms. The number of anilines is 1. The van der Waals surface area contributed by atoms with Gasteiger partial charge in [-0.1, -0.05) is 6.08 Å². The molecular weight excluding hydrogens is 262 g/mol. The van der Waals surface area contributed by atoms with Gasteiger partial charge in [0.2, 0.25) is 5.91 Å². The summed E-state index contributed by atoms with van der Waals surface area (Å²) in [4.78, 5) is 35.4. The van der Waals surface area contributed by atoms with Gasteiger partial charge in [-0.25, -0.2) is 9.59 Å². The summed E-state index contributed by atoms with van der Waals surface area (Å²) in [5, 5.41) is 18.0. The fourth-order valence-electron chi connectivity index (χ4n) is 2.21. The van der Waals surface area contributed by atoms with Crippen molar-refractivity contribution in [1.29, 1.82) is 0 Å². The molecule has 1 amide bonds. The summed E-state index contributed by atoms with van der Waals surface area (Å²) < 4.78 is 0. The largest absolute Gasteiger partial charge is 0.478 e. The van der Waals surface area contributed by atoms with Gasteiger partial charge in [0.1, 0.15) is 0 Å². The number of carboxylic acids is 2. The van der Waals surface area contributed by atoms with E-state index in [4.69, 9.17) is 10.2 Å². The van der Waals surface area contributed by atoms with Crippen LogP contribution in [0.5, 0.6) is 0 Å². The molecule has 1 aliphatic heterocycles. The normalized spacial score (nSPS) is 18.1. The fraction of sp³-hybridized carbons (Fsp3) is 0.214. The summed E-state index contributed by atoms with van der Waals surface area (Å²) in [6.07, 6.45) is 2.01. The predicted molar refractivity (Wildman–Crippen MR) is 71.0 cm³/mol. The van der Waals surface area contributed by atoms with Crippen LogP contribution in [-0.4, -0.2) is 34.6 Å². The zero-order valence-electron chi connectivity index (χ0n) is 10.6. The molecule has 1 atom stereocenters. The van der Waals surface area contributed by atoms with E-state index >= 15 is 0 Å². The lowest BCUT2D eigenvalue weighted by Crippen LogP contribution is -2.25. The Kier molecular flexibility index (Phi) is 3.56. The summed E-state index contributed by atoms with van der Waals surface area (Å²) in [6, 6.07) is 3.87. The highest BCUT2D eigenvalue weighted by molar-refractivity contribution is 6.04. The molecule has 6 nitrogen and oxygen atoms in total. The maximum atomic E-state index is 11.9. The van der Waals surface area contributed by atoms with Crippen LogP contribution in [0.2, 0.25) is 0 Å². The molecule has 6 heteroatoms. The lowest BCUT2D eigenvalue weighted by molar-refractivity contribution is -0.117. The first-order valence-corrected chi connectivity index (χ1v) is 5.97. The molecule has 2 N–H and O–H groups in total. The third-order valence-corrected chi connectivity index (χ3v) is 3.26. The number of aromatic carboxylic acids is 2. The molecule has 20 heavy (non-hydrogen) atoms. The van der Waals surface area contributed by atoms with Crippen LogP contribution in [0.15, 0.2) is 30.9 Å². The molecule has 104 valence electrons. The molecule has 2 rings (SSSR count). The second-order valence-electron chi connectivity index (χ2n) is 4.54. The molecule has 1 aliphatic rings. The highest BCUT2D eigenvalue weighted by atomic mass is 16.4. The Hall–Kier alpha value is -2.63. The monoisotopic (exact) mass is 275 g/mol. The summed E-state index contributed by atoms with van der Waals surface area (Å²) in [5.41, 5.74) is -0.236. The molecule has 0 radical (unpaired) electrons. The SMILES string of the molecule is C=CC1CC(=O)N(c2ccc(C(=O)O)c(C(=O)O)c2)C1. The van der Waals surface area contributed by atoms with Gasteiger partial charge < -0.3 is 15.1 Å². The number of rotatable bonds is 4. The number of nitrogens with zero attached hydrogens (tertiary/aromatic N) is 1. The Morgan fingerprint density at radius 2 is 1.90 bits per heavy atom. The zero-order valence-corrected chi connectivity index (χ0v) is 10.6. The molecule has 1 unspecified atom stereocenters. The van der Waals surface area contributed by atoms with E-state index in [9.17, 15) is 14.4 Å². The Bertz CT molecular complexity index is 608. The minimum absolute atomic E-state index is 0.0231. The molecular formula is C14H13NO5. The smallest absolute Gasteiger partial charge is 0.336 e. The van der Waals surface area contributed by atoms with Gasteiger partial charge in [0.15, 0.2) is 0 Å². The molecule has 0 aliphatic carbocycles. The van der Waals surface area contributed by atoms with Gasteiger partial charge >= 0.3 is 11.9 Å². The Labute approximate surface area is 114 Å². The Balaban J connectivity index is 2.42. The van der Waals surface area contributed by atoms with Gasteiger partial charge in [0.25, 0.3) is 0 Å². The first-order chi connectivity index (χ1) is 9.43. The number of carbonyl (C=O) groups is 3. The summed E-state index contributed by atoms with van der Waals surface area (Å²) in [7, 11) is 0. The van der Waals surface area contributed by atoms with Crippen LogP contribution in [-0.2, 0) is 4.79 Å². The third kappa shape index (κ3) is 2.40. The highest BCUT2D eigenvalue weighted by Gasteiger charge is 2.29. The van der Waals surface area contributed by atoms with E-state index in [-0.39, 0.29) is 23.0 Å². The number of hydrogen-bond acceptors (Lipinski definition) is 3. The molecule has 1 fully saturated rings. The van der Waals surface area contributed by atoms with E-state index < -0.39 is 11.9 Å². The van der Waals surface area contributed by atoms with Gasteiger partial charge in [-0.15, -0.1) is 6.58 Å². The number of carbonyl (C=O) groups excluding carboxylic acids is 1. The fourth-order valence-corrected chi connectivity index (χ4v) is 2.21. The number of hydrogen-bond donors (Lipinski definition) is 2. The molecule has 1 heterocycles. The van der Waals surface area contributed by atoms with E-state index in [0.717, 1.165) is 0 Å². The summed E-state index contributed by atoms with van der Waals surface area (Å²) in [5.74, 6) is -2.76.